The van der Waals surface area contributed by atoms with Crippen LogP contribution in [0.5, 0.6) is 0 Å². The summed E-state index contributed by atoms with van der Waals surface area (Å²) < 4.78 is 0.837. The zero-order valence-electron chi connectivity index (χ0n) is 12.3. The lowest BCUT2D eigenvalue weighted by molar-refractivity contribution is 0.102. The topological polar surface area (TPSA) is 42.0 Å². The highest BCUT2D eigenvalue weighted by molar-refractivity contribution is 9.10. The maximum absolute atomic E-state index is 12.8. The van der Waals surface area contributed by atoms with Crippen molar-refractivity contribution >= 4 is 73.2 Å². The molecule has 0 saturated carbocycles. The van der Waals surface area contributed by atoms with Gasteiger partial charge in [-0.05, 0) is 42.8 Å². The lowest BCUT2D eigenvalue weighted by Crippen LogP contribution is -2.15. The van der Waals surface area contributed by atoms with Gasteiger partial charge < -0.3 is 5.32 Å². The number of halogens is 4. The Labute approximate surface area is 162 Å². The van der Waals surface area contributed by atoms with Gasteiger partial charge in [0.25, 0.3) is 5.91 Å². The monoisotopic (exact) mass is 441 g/mol. The highest BCUT2D eigenvalue weighted by Gasteiger charge is 2.18. The van der Waals surface area contributed by atoms with Crippen LogP contribution in [0.1, 0.15) is 15.9 Å². The Kier molecular flexibility index (Phi) is 5.02. The molecule has 121 valence electrons. The second-order valence-electron chi connectivity index (χ2n) is 5.06. The largest absolute Gasteiger partial charge is 0.320 e. The average molecular weight is 444 g/mol. The van der Waals surface area contributed by atoms with Gasteiger partial charge in [-0.2, -0.15) is 0 Å². The Hall–Kier alpha value is -1.33. The molecule has 0 aliphatic heterocycles. The predicted octanol–water partition coefficient (Wildman–Crippen LogP) is 6.32. The standard InChI is InChI=1S/C17H9BrCl3N2O/c1-8-15(11-6-9(18)2-4-13(11)22-16(8)21)17(24)23-14-5-3-10(19)7-12(14)20/h2-4,6-7H,1H3,(H,23,24). The van der Waals surface area contributed by atoms with Gasteiger partial charge in [0.2, 0.25) is 0 Å². The van der Waals surface area contributed by atoms with Crippen molar-refractivity contribution in [1.29, 1.82) is 0 Å². The number of fused-ring (bicyclic) bond motifs is 1. The molecule has 3 nitrogen and oxygen atoms in total. The van der Waals surface area contributed by atoms with Gasteiger partial charge in [-0.1, -0.05) is 50.7 Å². The lowest BCUT2D eigenvalue weighted by atomic mass is 10.0. The highest BCUT2D eigenvalue weighted by Crippen LogP contribution is 2.30. The van der Waals surface area contributed by atoms with Gasteiger partial charge >= 0.3 is 0 Å². The number of nitrogens with one attached hydrogen (secondary N) is 1. The van der Waals surface area contributed by atoms with E-state index in [1.165, 1.54) is 12.1 Å². The lowest BCUT2D eigenvalue weighted by Gasteiger charge is -2.13. The molecule has 24 heavy (non-hydrogen) atoms. The van der Waals surface area contributed by atoms with E-state index >= 15 is 0 Å². The summed E-state index contributed by atoms with van der Waals surface area (Å²) in [6.45, 7) is 1.75. The van der Waals surface area contributed by atoms with Crippen molar-refractivity contribution in [3.05, 3.63) is 67.2 Å². The zero-order valence-corrected chi connectivity index (χ0v) is 16.1. The molecular formula is C17H9BrCl3N2O. The van der Waals surface area contributed by atoms with Crippen LogP contribution in [0.15, 0.2) is 34.8 Å². The fraction of sp³-hybridized carbons (Fsp3) is 0.0588. The van der Waals surface area contributed by atoms with Crippen LogP contribution in [0.2, 0.25) is 15.2 Å². The van der Waals surface area contributed by atoms with Crippen molar-refractivity contribution < 1.29 is 4.79 Å². The van der Waals surface area contributed by atoms with Crippen LogP contribution in [-0.4, -0.2) is 10.9 Å². The summed E-state index contributed by atoms with van der Waals surface area (Å²) in [5, 5.41) is 4.46. The van der Waals surface area contributed by atoms with Crippen LogP contribution in [0, 0.1) is 13.0 Å². The minimum atomic E-state index is -0.347. The summed E-state index contributed by atoms with van der Waals surface area (Å²) in [5.74, 6) is -0.347. The Morgan fingerprint density at radius 2 is 2.00 bits per heavy atom. The molecule has 0 spiro atoms. The van der Waals surface area contributed by atoms with Crippen LogP contribution in [0.25, 0.3) is 10.9 Å². The van der Waals surface area contributed by atoms with Crippen molar-refractivity contribution in [1.82, 2.24) is 4.98 Å². The average Bonchev–Trinajstić information content (AvgIpc) is 2.52. The van der Waals surface area contributed by atoms with Crippen LogP contribution in [0.4, 0.5) is 5.69 Å². The molecule has 1 radical (unpaired) electrons. The summed E-state index contributed by atoms with van der Waals surface area (Å²) in [5.41, 5.74) is 2.00. The quantitative estimate of drug-likeness (QED) is 0.471. The smallest absolute Gasteiger partial charge is 0.256 e. The molecule has 1 amide bonds. The molecule has 0 aliphatic carbocycles. The van der Waals surface area contributed by atoms with Crippen molar-refractivity contribution in [3.8, 4) is 0 Å². The van der Waals surface area contributed by atoms with Gasteiger partial charge in [0, 0.05) is 20.9 Å². The first-order chi connectivity index (χ1) is 11.4. The van der Waals surface area contributed by atoms with Crippen molar-refractivity contribution in [2.75, 3.05) is 5.32 Å². The highest BCUT2D eigenvalue weighted by atomic mass is 79.9. The second kappa shape index (κ2) is 6.89. The SMILES string of the molecule is Cc1c(Cl)nc2ccc(Br)cc2c1C(=O)Nc1[c]cc(Cl)cc1Cl. The van der Waals surface area contributed by atoms with Gasteiger partial charge in [0.05, 0.1) is 21.8 Å². The molecule has 1 heterocycles. The first-order valence-electron chi connectivity index (χ1n) is 6.80. The second-order valence-corrected chi connectivity index (χ2v) is 7.18. The van der Waals surface area contributed by atoms with E-state index in [1.54, 1.807) is 13.0 Å². The number of nitrogens with zero attached hydrogens (tertiary/aromatic N) is 1. The van der Waals surface area contributed by atoms with Crippen molar-refractivity contribution in [3.63, 3.8) is 0 Å². The number of amides is 1. The number of hydrogen-bond acceptors (Lipinski definition) is 2. The van der Waals surface area contributed by atoms with Gasteiger partial charge in [-0.3, -0.25) is 4.79 Å². The van der Waals surface area contributed by atoms with Gasteiger partial charge in [0.15, 0.2) is 0 Å². The fourth-order valence-corrected chi connectivity index (χ4v) is 3.30. The van der Waals surface area contributed by atoms with Crippen LogP contribution in [0.3, 0.4) is 0 Å². The first-order valence-corrected chi connectivity index (χ1v) is 8.73. The molecule has 3 aromatic rings. The van der Waals surface area contributed by atoms with E-state index in [9.17, 15) is 4.79 Å². The Bertz CT molecular complexity index is 976. The van der Waals surface area contributed by atoms with Gasteiger partial charge in [0.1, 0.15) is 5.15 Å². The van der Waals surface area contributed by atoms with Crippen molar-refractivity contribution in [2.45, 2.75) is 6.92 Å². The number of rotatable bonds is 2. The molecule has 0 fully saturated rings. The number of carbonyl (C=O) groups excluding carboxylic acids is 1. The molecule has 7 heteroatoms. The first kappa shape index (κ1) is 17.5. The number of anilines is 1. The summed E-state index contributed by atoms with van der Waals surface area (Å²) in [6, 6.07) is 11.4. The molecule has 3 rings (SSSR count). The maximum atomic E-state index is 12.8. The zero-order chi connectivity index (χ0) is 17.4. The summed E-state index contributed by atoms with van der Waals surface area (Å²) in [4.78, 5) is 17.1. The number of carbonyl (C=O) groups is 1. The molecule has 0 bridgehead atoms. The van der Waals surface area contributed by atoms with E-state index in [1.807, 2.05) is 12.1 Å². The number of hydrogen-bond donors (Lipinski definition) is 1. The molecule has 2 aromatic carbocycles. The Morgan fingerprint density at radius 3 is 2.71 bits per heavy atom. The molecular weight excluding hydrogens is 434 g/mol. The van der Waals surface area contributed by atoms with E-state index in [0.29, 0.717) is 37.8 Å². The maximum Gasteiger partial charge on any atom is 0.256 e. The van der Waals surface area contributed by atoms with Crippen LogP contribution in [-0.2, 0) is 0 Å². The van der Waals surface area contributed by atoms with Gasteiger partial charge in [-0.25, -0.2) is 4.98 Å². The van der Waals surface area contributed by atoms with E-state index in [0.717, 1.165) is 4.47 Å². The number of benzene rings is 2. The van der Waals surface area contributed by atoms with E-state index in [2.05, 4.69) is 32.3 Å². The minimum Gasteiger partial charge on any atom is -0.320 e. The number of aromatic nitrogens is 1. The third-order valence-electron chi connectivity index (χ3n) is 3.45. The van der Waals surface area contributed by atoms with Crippen LogP contribution < -0.4 is 5.32 Å². The molecule has 1 aromatic heterocycles. The van der Waals surface area contributed by atoms with E-state index in [4.69, 9.17) is 34.8 Å². The predicted molar refractivity (Wildman–Crippen MR) is 102 cm³/mol. The third-order valence-corrected chi connectivity index (χ3v) is 4.83. The fourth-order valence-electron chi connectivity index (χ4n) is 2.31. The van der Waals surface area contributed by atoms with E-state index in [-0.39, 0.29) is 11.1 Å². The van der Waals surface area contributed by atoms with Crippen molar-refractivity contribution in [2.24, 2.45) is 0 Å². The number of pyridine rings is 1. The molecule has 0 saturated heterocycles. The Morgan fingerprint density at radius 1 is 1.25 bits per heavy atom. The third kappa shape index (κ3) is 3.38. The normalized spacial score (nSPS) is 10.9. The Balaban J connectivity index is 2.12. The summed E-state index contributed by atoms with van der Waals surface area (Å²) >= 11 is 21.5. The van der Waals surface area contributed by atoms with Crippen LogP contribution >= 0.6 is 50.7 Å². The molecule has 1 N–H and O–H groups in total. The van der Waals surface area contributed by atoms with Gasteiger partial charge in [-0.15, -0.1) is 0 Å². The molecule has 0 unspecified atom stereocenters. The summed E-state index contributed by atoms with van der Waals surface area (Å²) in [7, 11) is 0. The summed E-state index contributed by atoms with van der Waals surface area (Å²) in [6.07, 6.45) is 0. The minimum absolute atomic E-state index is 0.279. The molecule has 0 aliphatic rings. The molecule has 0 atom stereocenters. The van der Waals surface area contributed by atoms with E-state index < -0.39 is 0 Å².